The van der Waals surface area contributed by atoms with E-state index in [4.69, 9.17) is 10.2 Å². The van der Waals surface area contributed by atoms with Gasteiger partial charge in [-0.3, -0.25) is 4.79 Å². The molecule has 1 rings (SSSR count). The Morgan fingerprint density at radius 3 is 2.43 bits per heavy atom. The molecule has 14 heavy (non-hydrogen) atoms. The van der Waals surface area contributed by atoms with Crippen LogP contribution in [0.3, 0.4) is 0 Å². The van der Waals surface area contributed by atoms with Crippen molar-refractivity contribution in [3.8, 4) is 0 Å². The number of carboxylic acid groups (broad SMARTS) is 2. The average Bonchev–Trinajstić information content (AvgIpc) is 2.16. The summed E-state index contributed by atoms with van der Waals surface area (Å²) >= 11 is 0. The molecule has 0 bridgehead atoms. The van der Waals surface area contributed by atoms with Crippen LogP contribution in [0, 0.1) is 5.92 Å². The fourth-order valence-corrected chi connectivity index (χ4v) is 1.89. The first kappa shape index (κ1) is 10.8. The minimum Gasteiger partial charge on any atom is -0.481 e. The Morgan fingerprint density at radius 2 is 2.00 bits per heavy atom. The molecule has 0 unspecified atom stereocenters. The molecular formula is C9H15NO4. The summed E-state index contributed by atoms with van der Waals surface area (Å²) in [5.74, 6) is -1.43. The van der Waals surface area contributed by atoms with Gasteiger partial charge >= 0.3 is 12.1 Å². The Hall–Kier alpha value is -1.26. The zero-order valence-corrected chi connectivity index (χ0v) is 8.14. The maximum Gasteiger partial charge on any atom is 0.407 e. The second-order valence-electron chi connectivity index (χ2n) is 3.61. The van der Waals surface area contributed by atoms with E-state index in [9.17, 15) is 9.59 Å². The van der Waals surface area contributed by atoms with Crippen LogP contribution in [0.5, 0.6) is 0 Å². The lowest BCUT2D eigenvalue weighted by Crippen LogP contribution is -2.47. The number of likely N-dealkylation sites (tertiary alicyclic amines) is 1. The van der Waals surface area contributed by atoms with E-state index in [0.29, 0.717) is 12.8 Å². The van der Waals surface area contributed by atoms with Crippen LogP contribution in [-0.2, 0) is 4.79 Å². The highest BCUT2D eigenvalue weighted by atomic mass is 16.4. The summed E-state index contributed by atoms with van der Waals surface area (Å²) in [7, 11) is 0. The molecule has 1 aliphatic rings. The lowest BCUT2D eigenvalue weighted by Gasteiger charge is -2.35. The van der Waals surface area contributed by atoms with Gasteiger partial charge in [-0.05, 0) is 19.3 Å². The van der Waals surface area contributed by atoms with Crippen molar-refractivity contribution >= 4 is 12.1 Å². The summed E-state index contributed by atoms with van der Waals surface area (Å²) in [6, 6.07) is -0.0110. The molecule has 1 aliphatic heterocycles. The Labute approximate surface area is 82.3 Å². The third-order valence-electron chi connectivity index (χ3n) is 2.77. The molecule has 5 heteroatoms. The maximum atomic E-state index is 10.8. The number of hydrogen-bond acceptors (Lipinski definition) is 2. The van der Waals surface area contributed by atoms with Gasteiger partial charge in [0.1, 0.15) is 0 Å². The first-order valence-electron chi connectivity index (χ1n) is 4.78. The molecule has 80 valence electrons. The first-order valence-corrected chi connectivity index (χ1v) is 4.78. The zero-order valence-electron chi connectivity index (χ0n) is 8.14. The van der Waals surface area contributed by atoms with Crippen LogP contribution >= 0.6 is 0 Å². The fraction of sp³-hybridized carbons (Fsp3) is 0.778. The topological polar surface area (TPSA) is 77.8 Å². The standard InChI is InChI=1S/C9H15NO4/c1-2-7-4-3-6(8(11)12)5-10(7)9(13)14/h6-7H,2-5H2,1H3,(H,11,12)(H,13,14)/t6-,7+/m0/s1. The van der Waals surface area contributed by atoms with Gasteiger partial charge in [-0.25, -0.2) is 4.79 Å². The molecule has 0 radical (unpaired) electrons. The van der Waals surface area contributed by atoms with Gasteiger partial charge in [-0.15, -0.1) is 0 Å². The Kier molecular flexibility index (Phi) is 3.33. The van der Waals surface area contributed by atoms with E-state index >= 15 is 0 Å². The first-order chi connectivity index (χ1) is 6.56. The molecule has 0 aromatic carbocycles. The lowest BCUT2D eigenvalue weighted by atomic mass is 9.92. The maximum absolute atomic E-state index is 10.8. The number of aliphatic carboxylic acids is 1. The van der Waals surface area contributed by atoms with Crippen molar-refractivity contribution in [3.63, 3.8) is 0 Å². The van der Waals surface area contributed by atoms with Crippen molar-refractivity contribution in [2.75, 3.05) is 6.54 Å². The number of nitrogens with zero attached hydrogens (tertiary/aromatic N) is 1. The van der Waals surface area contributed by atoms with Crippen molar-refractivity contribution in [2.24, 2.45) is 5.92 Å². The SMILES string of the molecule is CC[C@@H]1CC[C@H](C(=O)O)CN1C(=O)O. The number of hydrogen-bond donors (Lipinski definition) is 2. The molecule has 0 saturated carbocycles. The molecule has 2 N–H and O–H groups in total. The second-order valence-corrected chi connectivity index (χ2v) is 3.61. The van der Waals surface area contributed by atoms with E-state index in [2.05, 4.69) is 0 Å². The number of carbonyl (C=O) groups is 2. The highest BCUT2D eigenvalue weighted by Crippen LogP contribution is 2.24. The molecule has 0 aliphatic carbocycles. The van der Waals surface area contributed by atoms with Crippen LogP contribution in [0.2, 0.25) is 0 Å². The van der Waals surface area contributed by atoms with Crippen LogP contribution in [0.4, 0.5) is 4.79 Å². The second kappa shape index (κ2) is 4.30. The summed E-state index contributed by atoms with van der Waals surface area (Å²) in [4.78, 5) is 22.8. The highest BCUT2D eigenvalue weighted by Gasteiger charge is 2.33. The smallest absolute Gasteiger partial charge is 0.407 e. The molecule has 1 fully saturated rings. The zero-order chi connectivity index (χ0) is 10.7. The van der Waals surface area contributed by atoms with Gasteiger partial charge in [-0.1, -0.05) is 6.92 Å². The van der Waals surface area contributed by atoms with Crippen LogP contribution in [0.1, 0.15) is 26.2 Å². The van der Waals surface area contributed by atoms with Crippen LogP contribution < -0.4 is 0 Å². The highest BCUT2D eigenvalue weighted by molar-refractivity contribution is 5.72. The van der Waals surface area contributed by atoms with Gasteiger partial charge in [0.05, 0.1) is 5.92 Å². The molecule has 1 saturated heterocycles. The largest absolute Gasteiger partial charge is 0.481 e. The lowest BCUT2D eigenvalue weighted by molar-refractivity contribution is -0.143. The molecule has 5 nitrogen and oxygen atoms in total. The van der Waals surface area contributed by atoms with Gasteiger partial charge in [0.25, 0.3) is 0 Å². The Morgan fingerprint density at radius 1 is 1.36 bits per heavy atom. The van der Waals surface area contributed by atoms with E-state index < -0.39 is 18.0 Å². The van der Waals surface area contributed by atoms with Crippen molar-refractivity contribution in [1.29, 1.82) is 0 Å². The predicted octanol–water partition coefficient (Wildman–Crippen LogP) is 1.24. The molecule has 1 heterocycles. The molecular weight excluding hydrogens is 186 g/mol. The van der Waals surface area contributed by atoms with Gasteiger partial charge in [0.15, 0.2) is 0 Å². The van der Waals surface area contributed by atoms with Gasteiger partial charge < -0.3 is 15.1 Å². The molecule has 0 spiro atoms. The van der Waals surface area contributed by atoms with Crippen molar-refractivity contribution in [3.05, 3.63) is 0 Å². The van der Waals surface area contributed by atoms with Crippen LogP contribution in [0.15, 0.2) is 0 Å². The minimum absolute atomic E-state index is 0.0110. The summed E-state index contributed by atoms with van der Waals surface area (Å²) in [5.41, 5.74) is 0. The van der Waals surface area contributed by atoms with E-state index in [1.165, 1.54) is 4.90 Å². The van der Waals surface area contributed by atoms with Crippen molar-refractivity contribution < 1.29 is 19.8 Å². The van der Waals surface area contributed by atoms with E-state index in [-0.39, 0.29) is 12.6 Å². The quantitative estimate of drug-likeness (QED) is 0.704. The third-order valence-corrected chi connectivity index (χ3v) is 2.77. The molecule has 2 atom stereocenters. The van der Waals surface area contributed by atoms with E-state index in [0.717, 1.165) is 6.42 Å². The van der Waals surface area contributed by atoms with E-state index in [1.54, 1.807) is 0 Å². The number of amides is 1. The van der Waals surface area contributed by atoms with Crippen molar-refractivity contribution in [1.82, 2.24) is 4.90 Å². The third kappa shape index (κ3) is 2.16. The van der Waals surface area contributed by atoms with Gasteiger partial charge in [0.2, 0.25) is 0 Å². The van der Waals surface area contributed by atoms with Gasteiger partial charge in [0, 0.05) is 12.6 Å². The summed E-state index contributed by atoms with van der Waals surface area (Å²) < 4.78 is 0. The Bertz CT molecular complexity index is 241. The minimum atomic E-state index is -1.01. The van der Waals surface area contributed by atoms with Crippen molar-refractivity contribution in [2.45, 2.75) is 32.2 Å². The summed E-state index contributed by atoms with van der Waals surface area (Å²) in [5, 5.41) is 17.6. The monoisotopic (exact) mass is 201 g/mol. The molecule has 0 aromatic rings. The number of rotatable bonds is 2. The summed E-state index contributed by atoms with van der Waals surface area (Å²) in [6.07, 6.45) is 0.971. The fourth-order valence-electron chi connectivity index (χ4n) is 1.89. The van der Waals surface area contributed by atoms with Crippen LogP contribution in [-0.4, -0.2) is 39.8 Å². The van der Waals surface area contributed by atoms with E-state index in [1.807, 2.05) is 6.92 Å². The molecule has 0 aromatic heterocycles. The average molecular weight is 201 g/mol. The number of carboxylic acids is 1. The predicted molar refractivity (Wildman–Crippen MR) is 49.2 cm³/mol. The normalized spacial score (nSPS) is 27.4. The number of piperidine rings is 1. The Balaban J connectivity index is 2.66. The molecule has 1 amide bonds. The summed E-state index contributed by atoms with van der Waals surface area (Å²) in [6.45, 7) is 2.05. The van der Waals surface area contributed by atoms with Crippen LogP contribution in [0.25, 0.3) is 0 Å². The van der Waals surface area contributed by atoms with Gasteiger partial charge in [-0.2, -0.15) is 0 Å².